The minimum absolute atomic E-state index is 0.115. The number of fused-ring (bicyclic) bond motifs is 1. The first-order valence-corrected chi connectivity index (χ1v) is 10.5. The van der Waals surface area contributed by atoms with Crippen LogP contribution in [0.1, 0.15) is 21.6 Å². The number of rotatable bonds is 5. The number of ether oxygens (including phenoxy) is 1. The summed E-state index contributed by atoms with van der Waals surface area (Å²) < 4.78 is 14.4. The molecular weight excluding hydrogens is 478 g/mol. The second-order valence-electron chi connectivity index (χ2n) is 7.26. The molecule has 0 saturated heterocycles. The molecule has 0 atom stereocenters. The third-order valence-electron chi connectivity index (χ3n) is 5.32. The van der Waals surface area contributed by atoms with Gasteiger partial charge in [0.15, 0.2) is 0 Å². The number of carbonyl (C=O) groups is 1. The van der Waals surface area contributed by atoms with Crippen molar-refractivity contribution in [2.75, 3.05) is 12.4 Å². The van der Waals surface area contributed by atoms with Crippen molar-refractivity contribution in [3.8, 4) is 5.75 Å². The molecule has 164 valence electrons. The van der Waals surface area contributed by atoms with Crippen LogP contribution in [-0.2, 0) is 13.6 Å². The van der Waals surface area contributed by atoms with Crippen LogP contribution in [0.5, 0.6) is 5.75 Å². The zero-order chi connectivity index (χ0) is 23.0. The maximum absolute atomic E-state index is 13.0. The van der Waals surface area contributed by atoms with E-state index in [4.69, 9.17) is 9.15 Å². The molecule has 0 spiro atoms. The molecule has 1 amide bonds. The Morgan fingerprint density at radius 2 is 1.88 bits per heavy atom. The number of carbonyl (C=O) groups excluding carboxylic acids is 1. The van der Waals surface area contributed by atoms with Gasteiger partial charge in [0.25, 0.3) is 11.5 Å². The molecule has 2 aromatic heterocycles. The van der Waals surface area contributed by atoms with Crippen LogP contribution in [0.4, 0.5) is 5.69 Å². The Hall–Kier alpha value is -3.59. The Balaban J connectivity index is 1.69. The Labute approximate surface area is 191 Å². The average molecular weight is 498 g/mol. The van der Waals surface area contributed by atoms with Crippen molar-refractivity contribution >= 4 is 38.5 Å². The molecule has 0 bridgehead atoms. The average Bonchev–Trinajstić information content (AvgIpc) is 2.97. The van der Waals surface area contributed by atoms with E-state index in [1.165, 1.54) is 17.9 Å². The number of methoxy groups -OCH3 is 1. The van der Waals surface area contributed by atoms with Crippen LogP contribution >= 0.6 is 15.9 Å². The minimum Gasteiger partial charge on any atom is -0.495 e. The van der Waals surface area contributed by atoms with Crippen LogP contribution in [0.15, 0.2) is 67.0 Å². The molecule has 1 N–H and O–H groups in total. The summed E-state index contributed by atoms with van der Waals surface area (Å²) in [5.41, 5.74) is 0.544. The van der Waals surface area contributed by atoms with E-state index in [9.17, 15) is 14.4 Å². The SMILES string of the molecule is COc1cc2oc(=O)c(C(=O)Nc3c(C)n(C)n(Cc4ccccc4)c3=O)cc2cc1Br. The Bertz CT molecular complexity index is 1450. The summed E-state index contributed by atoms with van der Waals surface area (Å²) in [6.45, 7) is 2.08. The first-order chi connectivity index (χ1) is 15.3. The molecule has 0 radical (unpaired) electrons. The van der Waals surface area contributed by atoms with Crippen molar-refractivity contribution in [1.29, 1.82) is 0 Å². The highest BCUT2D eigenvalue weighted by Gasteiger charge is 2.21. The molecule has 4 rings (SSSR count). The fraction of sp³-hybridized carbons (Fsp3) is 0.174. The van der Waals surface area contributed by atoms with E-state index in [0.29, 0.717) is 27.8 Å². The van der Waals surface area contributed by atoms with Gasteiger partial charge in [-0.2, -0.15) is 0 Å². The lowest BCUT2D eigenvalue weighted by Gasteiger charge is -2.08. The highest BCUT2D eigenvalue weighted by Crippen LogP contribution is 2.30. The molecule has 0 unspecified atom stereocenters. The van der Waals surface area contributed by atoms with Crippen molar-refractivity contribution in [1.82, 2.24) is 9.36 Å². The Kier molecular flexibility index (Phi) is 5.75. The summed E-state index contributed by atoms with van der Waals surface area (Å²) in [5, 5.41) is 3.13. The van der Waals surface area contributed by atoms with Crippen LogP contribution in [0.2, 0.25) is 0 Å². The van der Waals surface area contributed by atoms with E-state index in [1.54, 1.807) is 30.8 Å². The first-order valence-electron chi connectivity index (χ1n) is 9.73. The molecule has 0 aliphatic rings. The Morgan fingerprint density at radius 1 is 1.16 bits per heavy atom. The summed E-state index contributed by atoms with van der Waals surface area (Å²) in [6, 6.07) is 14.2. The van der Waals surface area contributed by atoms with Gasteiger partial charge >= 0.3 is 5.63 Å². The zero-order valence-electron chi connectivity index (χ0n) is 17.6. The van der Waals surface area contributed by atoms with Crippen LogP contribution < -0.4 is 21.2 Å². The van der Waals surface area contributed by atoms with E-state index < -0.39 is 11.5 Å². The summed E-state index contributed by atoms with van der Waals surface area (Å²) in [6.07, 6.45) is 0. The molecule has 8 nitrogen and oxygen atoms in total. The standard InChI is InChI=1S/C23H20BrN3O5/c1-13-20(22(29)27(26(13)2)12-14-7-5-4-6-8-14)25-21(28)16-9-15-10-17(24)19(31-3)11-18(15)32-23(16)30/h4-11H,12H2,1-3H3,(H,25,28). The van der Waals surface area contributed by atoms with Gasteiger partial charge in [0, 0.05) is 18.5 Å². The smallest absolute Gasteiger partial charge is 0.349 e. The third kappa shape index (κ3) is 3.87. The molecule has 2 aromatic carbocycles. The van der Waals surface area contributed by atoms with Crippen molar-refractivity contribution in [3.05, 3.63) is 90.6 Å². The Morgan fingerprint density at radius 3 is 2.56 bits per heavy atom. The lowest BCUT2D eigenvalue weighted by atomic mass is 10.1. The van der Waals surface area contributed by atoms with E-state index in [1.807, 2.05) is 30.3 Å². The number of nitrogens with zero attached hydrogens (tertiary/aromatic N) is 2. The number of hydrogen-bond acceptors (Lipinski definition) is 5. The van der Waals surface area contributed by atoms with E-state index in [-0.39, 0.29) is 22.4 Å². The second kappa shape index (κ2) is 8.51. The maximum Gasteiger partial charge on any atom is 0.349 e. The van der Waals surface area contributed by atoms with Gasteiger partial charge in [-0.05, 0) is 40.5 Å². The number of anilines is 1. The number of aromatic nitrogens is 2. The van der Waals surface area contributed by atoms with Gasteiger partial charge in [0.2, 0.25) is 0 Å². The molecule has 9 heteroatoms. The van der Waals surface area contributed by atoms with Crippen molar-refractivity contribution in [3.63, 3.8) is 0 Å². The van der Waals surface area contributed by atoms with Crippen LogP contribution in [0.3, 0.4) is 0 Å². The lowest BCUT2D eigenvalue weighted by molar-refractivity contribution is 0.102. The summed E-state index contributed by atoms with van der Waals surface area (Å²) in [7, 11) is 3.24. The maximum atomic E-state index is 13.0. The molecule has 0 fully saturated rings. The largest absolute Gasteiger partial charge is 0.495 e. The number of halogens is 1. The molecular formula is C23H20BrN3O5. The first kappa shape index (κ1) is 21.6. The van der Waals surface area contributed by atoms with Gasteiger partial charge in [-0.15, -0.1) is 0 Å². The normalized spacial score (nSPS) is 11.0. The molecule has 32 heavy (non-hydrogen) atoms. The predicted molar refractivity (Wildman–Crippen MR) is 125 cm³/mol. The zero-order valence-corrected chi connectivity index (χ0v) is 19.2. The van der Waals surface area contributed by atoms with Gasteiger partial charge in [0.05, 0.1) is 23.8 Å². The van der Waals surface area contributed by atoms with Crippen molar-refractivity contribution < 1.29 is 13.9 Å². The number of hydrogen-bond donors (Lipinski definition) is 1. The predicted octanol–water partition coefficient (Wildman–Crippen LogP) is 3.67. The van der Waals surface area contributed by atoms with Gasteiger partial charge in [-0.25, -0.2) is 9.48 Å². The number of benzene rings is 2. The van der Waals surface area contributed by atoms with Gasteiger partial charge in [-0.3, -0.25) is 14.3 Å². The highest BCUT2D eigenvalue weighted by atomic mass is 79.9. The van der Waals surface area contributed by atoms with Gasteiger partial charge in [0.1, 0.15) is 22.6 Å². The third-order valence-corrected chi connectivity index (χ3v) is 5.94. The molecule has 0 aliphatic heterocycles. The van der Waals surface area contributed by atoms with Crippen molar-refractivity contribution in [2.24, 2.45) is 7.05 Å². The molecule has 2 heterocycles. The number of amides is 1. The van der Waals surface area contributed by atoms with Crippen LogP contribution in [-0.4, -0.2) is 22.4 Å². The fourth-order valence-electron chi connectivity index (χ4n) is 3.46. The summed E-state index contributed by atoms with van der Waals surface area (Å²) in [4.78, 5) is 38.4. The van der Waals surface area contributed by atoms with E-state index in [0.717, 1.165) is 5.56 Å². The topological polar surface area (TPSA) is 95.5 Å². The monoisotopic (exact) mass is 497 g/mol. The van der Waals surface area contributed by atoms with Crippen LogP contribution in [0.25, 0.3) is 11.0 Å². The summed E-state index contributed by atoms with van der Waals surface area (Å²) >= 11 is 3.38. The lowest BCUT2D eigenvalue weighted by Crippen LogP contribution is -2.26. The van der Waals surface area contributed by atoms with Crippen molar-refractivity contribution in [2.45, 2.75) is 13.5 Å². The highest BCUT2D eigenvalue weighted by molar-refractivity contribution is 9.10. The molecule has 0 aliphatic carbocycles. The van der Waals surface area contributed by atoms with Gasteiger partial charge in [-0.1, -0.05) is 30.3 Å². The molecule has 4 aromatic rings. The molecule has 0 saturated carbocycles. The minimum atomic E-state index is -0.808. The second-order valence-corrected chi connectivity index (χ2v) is 8.11. The van der Waals surface area contributed by atoms with Gasteiger partial charge < -0.3 is 14.5 Å². The van der Waals surface area contributed by atoms with Crippen LogP contribution in [0, 0.1) is 6.92 Å². The summed E-state index contributed by atoms with van der Waals surface area (Å²) in [5.74, 6) is -0.220. The van der Waals surface area contributed by atoms with E-state index >= 15 is 0 Å². The van der Waals surface area contributed by atoms with E-state index in [2.05, 4.69) is 21.2 Å². The fourth-order valence-corrected chi connectivity index (χ4v) is 3.98. The quantitative estimate of drug-likeness (QED) is 0.424. The number of nitrogens with one attached hydrogen (secondary N) is 1.